The number of aromatic nitrogens is 2. The molecule has 0 aliphatic carbocycles. The van der Waals surface area contributed by atoms with Crippen LogP contribution >= 0.6 is 0 Å². The molecule has 1 heterocycles. The molecule has 1 N–H and O–H groups in total. The predicted molar refractivity (Wildman–Crippen MR) is 66.1 cm³/mol. The highest BCUT2D eigenvalue weighted by Crippen LogP contribution is 2.09. The zero-order chi connectivity index (χ0) is 13.4. The Bertz CT molecular complexity index is 361. The fourth-order valence-electron chi connectivity index (χ4n) is 1.51. The van der Waals surface area contributed by atoms with E-state index >= 15 is 0 Å². The minimum Gasteiger partial charge on any atom is -0.375 e. The molecule has 0 radical (unpaired) electrons. The highest BCUT2D eigenvalue weighted by molar-refractivity contribution is 5.35. The monoisotopic (exact) mass is 259 g/mol. The number of aryl methyl sites for hydroxylation is 1. The van der Waals surface area contributed by atoms with Gasteiger partial charge in [0.2, 0.25) is 0 Å². The molecular formula is C12H19F2N3O. The van der Waals surface area contributed by atoms with Crippen molar-refractivity contribution in [2.24, 2.45) is 0 Å². The maximum atomic E-state index is 11.9. The maximum absolute atomic E-state index is 11.9. The summed E-state index contributed by atoms with van der Waals surface area (Å²) in [6.45, 7) is 1.75. The van der Waals surface area contributed by atoms with E-state index < -0.39 is 13.0 Å². The number of nitrogens with one attached hydrogen (secondary N) is 1. The second-order valence-electron chi connectivity index (χ2n) is 3.88. The zero-order valence-corrected chi connectivity index (χ0v) is 10.7. The Hall–Kier alpha value is -1.30. The van der Waals surface area contributed by atoms with Gasteiger partial charge in [0.1, 0.15) is 18.2 Å². The Kier molecular flexibility index (Phi) is 6.49. The molecule has 0 aliphatic rings. The fraction of sp³-hybridized carbons (Fsp3) is 0.667. The number of alkyl halides is 2. The van der Waals surface area contributed by atoms with Crippen molar-refractivity contribution < 1.29 is 13.5 Å². The van der Waals surface area contributed by atoms with Crippen LogP contribution in [0.15, 0.2) is 6.07 Å². The van der Waals surface area contributed by atoms with Crippen molar-refractivity contribution in [3.8, 4) is 0 Å². The van der Waals surface area contributed by atoms with Gasteiger partial charge in [-0.15, -0.1) is 0 Å². The molecule has 102 valence electrons. The van der Waals surface area contributed by atoms with E-state index in [4.69, 9.17) is 4.74 Å². The van der Waals surface area contributed by atoms with Gasteiger partial charge in [-0.05, 0) is 6.42 Å². The third-order valence-corrected chi connectivity index (χ3v) is 2.30. The Morgan fingerprint density at radius 2 is 2.11 bits per heavy atom. The highest BCUT2D eigenvalue weighted by atomic mass is 19.3. The summed E-state index contributed by atoms with van der Waals surface area (Å²) in [5, 5.41) is 2.96. The summed E-state index contributed by atoms with van der Waals surface area (Å²) < 4.78 is 28.6. The number of halogens is 2. The van der Waals surface area contributed by atoms with E-state index in [-0.39, 0.29) is 6.61 Å². The molecule has 4 nitrogen and oxygen atoms in total. The first-order valence-electron chi connectivity index (χ1n) is 6.06. The topological polar surface area (TPSA) is 47.0 Å². The lowest BCUT2D eigenvalue weighted by molar-refractivity contribution is 0.0183. The van der Waals surface area contributed by atoms with Crippen LogP contribution in [0.3, 0.4) is 0 Å². The summed E-state index contributed by atoms with van der Waals surface area (Å²) in [6, 6.07) is 1.90. The Morgan fingerprint density at radius 1 is 1.33 bits per heavy atom. The lowest BCUT2D eigenvalue weighted by Gasteiger charge is -2.07. The highest BCUT2D eigenvalue weighted by Gasteiger charge is 2.05. The first-order valence-corrected chi connectivity index (χ1v) is 6.06. The summed E-state index contributed by atoms with van der Waals surface area (Å²) in [7, 11) is 1.79. The van der Waals surface area contributed by atoms with Gasteiger partial charge in [0.15, 0.2) is 0 Å². The van der Waals surface area contributed by atoms with Gasteiger partial charge in [-0.25, -0.2) is 18.7 Å². The minimum atomic E-state index is -2.43. The second-order valence-corrected chi connectivity index (χ2v) is 3.88. The SMILES string of the molecule is CCCc1cc(NC)nc(CCOCC(F)F)n1. The number of nitrogens with zero attached hydrogens (tertiary/aromatic N) is 2. The van der Waals surface area contributed by atoms with Gasteiger partial charge in [0, 0.05) is 25.2 Å². The van der Waals surface area contributed by atoms with Gasteiger partial charge < -0.3 is 10.1 Å². The molecule has 1 rings (SSSR count). The molecule has 0 saturated heterocycles. The van der Waals surface area contributed by atoms with Crippen molar-refractivity contribution in [2.45, 2.75) is 32.6 Å². The number of anilines is 1. The van der Waals surface area contributed by atoms with E-state index in [0.29, 0.717) is 12.2 Å². The minimum absolute atomic E-state index is 0.211. The quantitative estimate of drug-likeness (QED) is 0.728. The third-order valence-electron chi connectivity index (χ3n) is 2.30. The number of hydrogen-bond acceptors (Lipinski definition) is 4. The predicted octanol–water partition coefficient (Wildman–Crippen LogP) is 2.29. The van der Waals surface area contributed by atoms with Crippen LogP contribution in [0.5, 0.6) is 0 Å². The lowest BCUT2D eigenvalue weighted by atomic mass is 10.2. The standard InChI is InChI=1S/C12H19F2N3O/c1-3-4-9-7-12(15-2)17-11(16-9)5-6-18-8-10(13)14/h7,10H,3-6,8H2,1-2H3,(H,15,16,17). The van der Waals surface area contributed by atoms with Crippen LogP contribution in [-0.4, -0.2) is 36.7 Å². The van der Waals surface area contributed by atoms with E-state index in [1.165, 1.54) is 0 Å². The largest absolute Gasteiger partial charge is 0.375 e. The maximum Gasteiger partial charge on any atom is 0.261 e. The van der Waals surface area contributed by atoms with Crippen molar-refractivity contribution in [3.05, 3.63) is 17.6 Å². The summed E-state index contributed by atoms with van der Waals surface area (Å²) >= 11 is 0. The van der Waals surface area contributed by atoms with Gasteiger partial charge in [-0.1, -0.05) is 13.3 Å². The van der Waals surface area contributed by atoms with E-state index in [0.717, 1.165) is 24.4 Å². The Balaban J connectivity index is 2.55. The smallest absolute Gasteiger partial charge is 0.261 e. The molecule has 0 spiro atoms. The molecule has 0 aromatic carbocycles. The van der Waals surface area contributed by atoms with Crippen molar-refractivity contribution in [1.29, 1.82) is 0 Å². The summed E-state index contributed by atoms with van der Waals surface area (Å²) in [5.41, 5.74) is 0.959. The normalized spacial score (nSPS) is 10.9. The van der Waals surface area contributed by atoms with E-state index in [2.05, 4.69) is 22.2 Å². The molecule has 0 amide bonds. The third kappa shape index (κ3) is 5.35. The van der Waals surface area contributed by atoms with Crippen LogP contribution in [0.25, 0.3) is 0 Å². The molecule has 0 saturated carbocycles. The van der Waals surface area contributed by atoms with Crippen LogP contribution in [0.1, 0.15) is 24.9 Å². The van der Waals surface area contributed by atoms with Crippen LogP contribution in [0.2, 0.25) is 0 Å². The average Bonchev–Trinajstić information content (AvgIpc) is 2.34. The molecule has 1 aromatic rings. The van der Waals surface area contributed by atoms with Crippen LogP contribution in [0.4, 0.5) is 14.6 Å². The van der Waals surface area contributed by atoms with Crippen LogP contribution < -0.4 is 5.32 Å². The van der Waals surface area contributed by atoms with Crippen molar-refractivity contribution in [1.82, 2.24) is 9.97 Å². The molecule has 0 aliphatic heterocycles. The lowest BCUT2D eigenvalue weighted by Crippen LogP contribution is -2.10. The van der Waals surface area contributed by atoms with Crippen LogP contribution in [0, 0.1) is 0 Å². The van der Waals surface area contributed by atoms with Gasteiger partial charge in [0.25, 0.3) is 6.43 Å². The Labute approximate surface area is 106 Å². The molecule has 1 aromatic heterocycles. The second kappa shape index (κ2) is 7.92. The molecule has 0 bridgehead atoms. The number of rotatable bonds is 8. The molecule has 0 fully saturated rings. The zero-order valence-electron chi connectivity index (χ0n) is 10.7. The first kappa shape index (κ1) is 14.8. The van der Waals surface area contributed by atoms with Gasteiger partial charge >= 0.3 is 0 Å². The fourth-order valence-corrected chi connectivity index (χ4v) is 1.51. The number of ether oxygens (including phenoxy) is 1. The van der Waals surface area contributed by atoms with Crippen molar-refractivity contribution >= 4 is 5.82 Å². The molecule has 6 heteroatoms. The van der Waals surface area contributed by atoms with E-state index in [9.17, 15) is 8.78 Å². The Morgan fingerprint density at radius 3 is 2.72 bits per heavy atom. The summed E-state index contributed by atoms with van der Waals surface area (Å²) in [6.07, 6.45) is -0.104. The van der Waals surface area contributed by atoms with Gasteiger partial charge in [0.05, 0.1) is 6.61 Å². The first-order chi connectivity index (χ1) is 8.65. The van der Waals surface area contributed by atoms with E-state index in [1.807, 2.05) is 6.07 Å². The summed E-state index contributed by atoms with van der Waals surface area (Å²) in [4.78, 5) is 8.63. The molecule has 0 atom stereocenters. The van der Waals surface area contributed by atoms with Gasteiger partial charge in [-0.3, -0.25) is 0 Å². The molecular weight excluding hydrogens is 240 g/mol. The van der Waals surface area contributed by atoms with Gasteiger partial charge in [-0.2, -0.15) is 0 Å². The molecule has 0 unspecified atom stereocenters. The van der Waals surface area contributed by atoms with Crippen molar-refractivity contribution in [3.63, 3.8) is 0 Å². The van der Waals surface area contributed by atoms with Crippen LogP contribution in [-0.2, 0) is 17.6 Å². The average molecular weight is 259 g/mol. The van der Waals surface area contributed by atoms with E-state index in [1.54, 1.807) is 7.05 Å². The molecule has 18 heavy (non-hydrogen) atoms. The number of hydrogen-bond donors (Lipinski definition) is 1. The summed E-state index contributed by atoms with van der Waals surface area (Å²) in [5.74, 6) is 1.37. The van der Waals surface area contributed by atoms with Crippen molar-refractivity contribution in [2.75, 3.05) is 25.6 Å².